The fraction of sp³-hybridized carbons (Fsp3) is 0.267. The van der Waals surface area contributed by atoms with Crippen LogP contribution in [0.4, 0.5) is 10.1 Å². The highest BCUT2D eigenvalue weighted by atomic mass is 79.9. The molecule has 0 aliphatic rings. The quantitative estimate of drug-likeness (QED) is 0.821. The van der Waals surface area contributed by atoms with Gasteiger partial charge in [-0.25, -0.2) is 9.18 Å². The zero-order valence-electron chi connectivity index (χ0n) is 11.7. The fourth-order valence-electron chi connectivity index (χ4n) is 1.90. The standard InChI is InChI=1S/C15H15BrFNO3/c1-3-20-14(19)15(2,12-8-9-13(16)21-12)18-11-7-5-4-6-10(11)17/h4-9,18H,3H2,1-2H3. The molecule has 4 nitrogen and oxygen atoms in total. The second kappa shape index (κ2) is 6.30. The predicted octanol–water partition coefficient (Wildman–Crippen LogP) is 4.07. The molecule has 1 aromatic carbocycles. The first-order valence-electron chi connectivity index (χ1n) is 6.43. The molecule has 1 aromatic heterocycles. The van der Waals surface area contributed by atoms with Crippen molar-refractivity contribution in [1.82, 2.24) is 0 Å². The number of anilines is 1. The zero-order valence-corrected chi connectivity index (χ0v) is 13.2. The van der Waals surface area contributed by atoms with E-state index in [1.54, 1.807) is 44.2 Å². The number of nitrogens with one attached hydrogen (secondary N) is 1. The topological polar surface area (TPSA) is 51.5 Å². The van der Waals surface area contributed by atoms with Gasteiger partial charge in [0.15, 0.2) is 10.2 Å². The second-order valence-electron chi connectivity index (χ2n) is 4.55. The van der Waals surface area contributed by atoms with Crippen molar-refractivity contribution >= 4 is 27.6 Å². The van der Waals surface area contributed by atoms with E-state index in [9.17, 15) is 9.18 Å². The van der Waals surface area contributed by atoms with Crippen molar-refractivity contribution in [1.29, 1.82) is 0 Å². The highest BCUT2D eigenvalue weighted by molar-refractivity contribution is 9.10. The van der Waals surface area contributed by atoms with Crippen LogP contribution in [0.5, 0.6) is 0 Å². The number of furan rings is 1. The van der Waals surface area contributed by atoms with Gasteiger partial charge in [-0.05, 0) is 54.0 Å². The van der Waals surface area contributed by atoms with Gasteiger partial charge in [-0.3, -0.25) is 0 Å². The summed E-state index contributed by atoms with van der Waals surface area (Å²) >= 11 is 3.19. The Morgan fingerprint density at radius 2 is 2.10 bits per heavy atom. The Morgan fingerprint density at radius 1 is 1.38 bits per heavy atom. The third-order valence-corrected chi connectivity index (χ3v) is 3.43. The number of carbonyl (C=O) groups excluding carboxylic acids is 1. The Hall–Kier alpha value is -1.82. The third-order valence-electron chi connectivity index (χ3n) is 3.01. The summed E-state index contributed by atoms with van der Waals surface area (Å²) in [6.07, 6.45) is 0. The molecule has 1 atom stereocenters. The van der Waals surface area contributed by atoms with Crippen molar-refractivity contribution in [2.24, 2.45) is 0 Å². The third kappa shape index (κ3) is 3.26. The molecule has 21 heavy (non-hydrogen) atoms. The Bertz CT molecular complexity index is 643. The summed E-state index contributed by atoms with van der Waals surface area (Å²) in [5.41, 5.74) is -1.13. The predicted molar refractivity (Wildman–Crippen MR) is 80.4 cm³/mol. The average Bonchev–Trinajstić information content (AvgIpc) is 2.89. The van der Waals surface area contributed by atoms with Crippen LogP contribution in [0.2, 0.25) is 0 Å². The van der Waals surface area contributed by atoms with Gasteiger partial charge >= 0.3 is 5.97 Å². The zero-order chi connectivity index (χ0) is 15.5. The molecule has 0 amide bonds. The molecule has 1 heterocycles. The molecule has 0 saturated carbocycles. The van der Waals surface area contributed by atoms with E-state index in [1.165, 1.54) is 6.07 Å². The average molecular weight is 356 g/mol. The van der Waals surface area contributed by atoms with Crippen molar-refractivity contribution in [3.63, 3.8) is 0 Å². The Morgan fingerprint density at radius 3 is 2.67 bits per heavy atom. The van der Waals surface area contributed by atoms with Gasteiger partial charge in [-0.15, -0.1) is 0 Å². The molecule has 0 fully saturated rings. The van der Waals surface area contributed by atoms with E-state index < -0.39 is 17.3 Å². The Balaban J connectivity index is 2.41. The number of halogens is 2. The lowest BCUT2D eigenvalue weighted by Gasteiger charge is -2.27. The summed E-state index contributed by atoms with van der Waals surface area (Å²) in [6.45, 7) is 3.51. The van der Waals surface area contributed by atoms with Crippen LogP contribution in [0.25, 0.3) is 0 Å². The highest BCUT2D eigenvalue weighted by Crippen LogP contribution is 2.31. The van der Waals surface area contributed by atoms with Crippen molar-refractivity contribution in [2.45, 2.75) is 19.4 Å². The number of esters is 1. The molecule has 1 unspecified atom stereocenters. The summed E-state index contributed by atoms with van der Waals surface area (Å²) in [5, 5.41) is 2.87. The molecule has 0 aliphatic heterocycles. The highest BCUT2D eigenvalue weighted by Gasteiger charge is 2.40. The normalized spacial score (nSPS) is 13.5. The lowest BCUT2D eigenvalue weighted by Crippen LogP contribution is -2.42. The van der Waals surface area contributed by atoms with E-state index in [1.807, 2.05) is 0 Å². The molecule has 6 heteroatoms. The van der Waals surface area contributed by atoms with E-state index in [2.05, 4.69) is 21.2 Å². The van der Waals surface area contributed by atoms with Gasteiger partial charge in [-0.1, -0.05) is 12.1 Å². The molecule has 0 saturated heterocycles. The summed E-state index contributed by atoms with van der Waals surface area (Å²) in [4.78, 5) is 12.3. The molecular formula is C15H15BrFNO3. The number of benzene rings is 1. The smallest absolute Gasteiger partial charge is 0.339 e. The fourth-order valence-corrected chi connectivity index (χ4v) is 2.21. The molecule has 2 aromatic rings. The Kier molecular flexibility index (Phi) is 4.67. The van der Waals surface area contributed by atoms with E-state index in [-0.39, 0.29) is 12.3 Å². The van der Waals surface area contributed by atoms with Crippen LogP contribution in [0.3, 0.4) is 0 Å². The molecule has 112 valence electrons. The monoisotopic (exact) mass is 355 g/mol. The number of ether oxygens (including phenoxy) is 1. The van der Waals surface area contributed by atoms with Gasteiger partial charge in [0.05, 0.1) is 12.3 Å². The molecule has 0 spiro atoms. The van der Waals surface area contributed by atoms with Crippen molar-refractivity contribution in [2.75, 3.05) is 11.9 Å². The SMILES string of the molecule is CCOC(=O)C(C)(Nc1ccccc1F)c1ccc(Br)o1. The minimum atomic E-state index is -1.33. The number of para-hydroxylation sites is 1. The van der Waals surface area contributed by atoms with Crippen LogP contribution >= 0.6 is 15.9 Å². The lowest BCUT2D eigenvalue weighted by molar-refractivity contribution is -0.149. The molecule has 0 aliphatic carbocycles. The summed E-state index contributed by atoms with van der Waals surface area (Å²) in [5.74, 6) is -0.676. The number of hydrogen-bond donors (Lipinski definition) is 1. The van der Waals surface area contributed by atoms with Gasteiger partial charge in [0.1, 0.15) is 11.6 Å². The maximum Gasteiger partial charge on any atom is 0.339 e. The maximum atomic E-state index is 13.8. The van der Waals surface area contributed by atoms with Gasteiger partial charge in [-0.2, -0.15) is 0 Å². The van der Waals surface area contributed by atoms with Crippen molar-refractivity contribution < 1.29 is 18.3 Å². The lowest BCUT2D eigenvalue weighted by atomic mass is 9.98. The first kappa shape index (κ1) is 15.6. The molecule has 0 bridgehead atoms. The number of rotatable bonds is 5. The first-order chi connectivity index (χ1) is 9.97. The van der Waals surface area contributed by atoms with Gasteiger partial charge in [0.2, 0.25) is 0 Å². The first-order valence-corrected chi connectivity index (χ1v) is 7.22. The van der Waals surface area contributed by atoms with Gasteiger partial charge in [0.25, 0.3) is 0 Å². The number of hydrogen-bond acceptors (Lipinski definition) is 4. The minimum Gasteiger partial charge on any atom is -0.464 e. The van der Waals surface area contributed by atoms with Crippen LogP contribution in [0, 0.1) is 5.82 Å². The minimum absolute atomic E-state index is 0.195. The Labute approximate surface area is 130 Å². The summed E-state index contributed by atoms with van der Waals surface area (Å²) < 4.78 is 24.9. The van der Waals surface area contributed by atoms with Crippen molar-refractivity contribution in [3.8, 4) is 0 Å². The summed E-state index contributed by atoms with van der Waals surface area (Å²) in [7, 11) is 0. The maximum absolute atomic E-state index is 13.8. The van der Waals surface area contributed by atoms with E-state index in [0.717, 1.165) is 0 Å². The number of carbonyl (C=O) groups is 1. The van der Waals surface area contributed by atoms with E-state index in [0.29, 0.717) is 10.4 Å². The van der Waals surface area contributed by atoms with E-state index in [4.69, 9.17) is 9.15 Å². The van der Waals surface area contributed by atoms with E-state index >= 15 is 0 Å². The molecule has 2 rings (SSSR count). The van der Waals surface area contributed by atoms with Gasteiger partial charge in [0, 0.05) is 0 Å². The molecule has 0 radical (unpaired) electrons. The largest absolute Gasteiger partial charge is 0.464 e. The van der Waals surface area contributed by atoms with Crippen LogP contribution < -0.4 is 5.32 Å². The van der Waals surface area contributed by atoms with Crippen LogP contribution in [-0.2, 0) is 15.1 Å². The van der Waals surface area contributed by atoms with Crippen LogP contribution in [0.15, 0.2) is 45.5 Å². The summed E-state index contributed by atoms with van der Waals surface area (Å²) in [6, 6.07) is 9.40. The molecule has 1 N–H and O–H groups in total. The van der Waals surface area contributed by atoms with Gasteiger partial charge < -0.3 is 14.5 Å². The van der Waals surface area contributed by atoms with Crippen LogP contribution in [0.1, 0.15) is 19.6 Å². The van der Waals surface area contributed by atoms with Crippen LogP contribution in [-0.4, -0.2) is 12.6 Å². The second-order valence-corrected chi connectivity index (χ2v) is 5.34. The molecular weight excluding hydrogens is 341 g/mol. The van der Waals surface area contributed by atoms with Crippen molar-refractivity contribution in [3.05, 3.63) is 52.6 Å².